The largest absolute Gasteiger partial charge is 0.481 e. The highest BCUT2D eigenvalue weighted by molar-refractivity contribution is 5.70. The van der Waals surface area contributed by atoms with Crippen LogP contribution >= 0.6 is 0 Å². The van der Waals surface area contributed by atoms with Crippen LogP contribution < -0.4 is 4.90 Å². The van der Waals surface area contributed by atoms with Crippen LogP contribution in [0.2, 0.25) is 0 Å². The van der Waals surface area contributed by atoms with E-state index < -0.39 is 5.97 Å². The molecule has 0 aliphatic rings. The second kappa shape index (κ2) is 6.23. The van der Waals surface area contributed by atoms with Crippen molar-refractivity contribution in [3.05, 3.63) is 23.9 Å². The predicted octanol–water partition coefficient (Wildman–Crippen LogP) is 2.33. The standard InChI is InChI=1S/C13H20N2O2/c1-4-8-15(9-11(3)13(16)17)12-10(2)6-5-7-14-12/h5-7,11H,4,8-9H2,1-3H3,(H,16,17). The molecule has 1 atom stereocenters. The summed E-state index contributed by atoms with van der Waals surface area (Å²) in [6.07, 6.45) is 2.72. The first kappa shape index (κ1) is 13.5. The van der Waals surface area contributed by atoms with E-state index in [0.29, 0.717) is 6.54 Å². The third kappa shape index (κ3) is 3.73. The Morgan fingerprint density at radius 3 is 2.82 bits per heavy atom. The Kier molecular flexibility index (Phi) is 4.94. The van der Waals surface area contributed by atoms with Crippen LogP contribution in [0.15, 0.2) is 18.3 Å². The number of pyridine rings is 1. The van der Waals surface area contributed by atoms with Gasteiger partial charge in [0.1, 0.15) is 5.82 Å². The van der Waals surface area contributed by atoms with Gasteiger partial charge in [-0.05, 0) is 25.0 Å². The third-order valence-corrected chi connectivity index (χ3v) is 2.69. The van der Waals surface area contributed by atoms with Crippen LogP contribution in [0.3, 0.4) is 0 Å². The van der Waals surface area contributed by atoms with Crippen molar-refractivity contribution < 1.29 is 9.90 Å². The van der Waals surface area contributed by atoms with Crippen LogP contribution in [-0.4, -0.2) is 29.1 Å². The van der Waals surface area contributed by atoms with Crippen molar-refractivity contribution in [3.8, 4) is 0 Å². The highest BCUT2D eigenvalue weighted by atomic mass is 16.4. The van der Waals surface area contributed by atoms with Gasteiger partial charge in [0.05, 0.1) is 5.92 Å². The second-order valence-corrected chi connectivity index (χ2v) is 4.33. The molecule has 94 valence electrons. The molecular formula is C13H20N2O2. The molecule has 0 spiro atoms. The zero-order valence-electron chi connectivity index (χ0n) is 10.7. The number of hydrogen-bond donors (Lipinski definition) is 1. The minimum atomic E-state index is -0.764. The normalized spacial score (nSPS) is 12.2. The SMILES string of the molecule is CCCN(CC(C)C(=O)O)c1ncccc1C. The fourth-order valence-electron chi connectivity index (χ4n) is 1.77. The molecule has 0 aromatic carbocycles. The lowest BCUT2D eigenvalue weighted by Gasteiger charge is -2.26. The minimum absolute atomic E-state index is 0.386. The molecule has 17 heavy (non-hydrogen) atoms. The maximum absolute atomic E-state index is 10.9. The number of nitrogens with zero attached hydrogens (tertiary/aromatic N) is 2. The van der Waals surface area contributed by atoms with Crippen molar-refractivity contribution in [2.45, 2.75) is 27.2 Å². The summed E-state index contributed by atoms with van der Waals surface area (Å²) in [5.74, 6) is -0.259. The first-order chi connectivity index (χ1) is 8.06. The van der Waals surface area contributed by atoms with E-state index in [0.717, 1.165) is 24.3 Å². The molecule has 1 aromatic rings. The van der Waals surface area contributed by atoms with E-state index in [4.69, 9.17) is 5.11 Å². The summed E-state index contributed by atoms with van der Waals surface area (Å²) in [4.78, 5) is 17.3. The lowest BCUT2D eigenvalue weighted by Crippen LogP contribution is -2.33. The molecule has 4 heteroatoms. The van der Waals surface area contributed by atoms with Crippen molar-refractivity contribution in [2.24, 2.45) is 5.92 Å². The molecule has 0 amide bonds. The fourth-order valence-corrected chi connectivity index (χ4v) is 1.77. The Balaban J connectivity index is 2.86. The van der Waals surface area contributed by atoms with Crippen LogP contribution in [0.1, 0.15) is 25.8 Å². The quantitative estimate of drug-likeness (QED) is 0.823. The highest BCUT2D eigenvalue weighted by Crippen LogP contribution is 2.17. The lowest BCUT2D eigenvalue weighted by molar-refractivity contribution is -0.140. The van der Waals surface area contributed by atoms with Crippen molar-refractivity contribution in [3.63, 3.8) is 0 Å². The van der Waals surface area contributed by atoms with Gasteiger partial charge in [0.15, 0.2) is 0 Å². The summed E-state index contributed by atoms with van der Waals surface area (Å²) < 4.78 is 0. The summed E-state index contributed by atoms with van der Waals surface area (Å²) in [5.41, 5.74) is 1.08. The molecule has 4 nitrogen and oxygen atoms in total. The van der Waals surface area contributed by atoms with Gasteiger partial charge in [-0.3, -0.25) is 4.79 Å². The van der Waals surface area contributed by atoms with Gasteiger partial charge >= 0.3 is 5.97 Å². The molecule has 0 radical (unpaired) electrons. The first-order valence-corrected chi connectivity index (χ1v) is 5.95. The molecule has 1 heterocycles. The first-order valence-electron chi connectivity index (χ1n) is 5.95. The zero-order chi connectivity index (χ0) is 12.8. The molecule has 1 unspecified atom stereocenters. The van der Waals surface area contributed by atoms with Crippen LogP contribution in [0.25, 0.3) is 0 Å². The summed E-state index contributed by atoms with van der Waals surface area (Å²) in [7, 11) is 0. The Hall–Kier alpha value is -1.58. The summed E-state index contributed by atoms with van der Waals surface area (Å²) in [6.45, 7) is 7.13. The predicted molar refractivity (Wildman–Crippen MR) is 68.3 cm³/mol. The fraction of sp³-hybridized carbons (Fsp3) is 0.538. The minimum Gasteiger partial charge on any atom is -0.481 e. The van der Waals surface area contributed by atoms with E-state index in [1.165, 1.54) is 0 Å². The zero-order valence-corrected chi connectivity index (χ0v) is 10.7. The molecule has 0 aliphatic carbocycles. The van der Waals surface area contributed by atoms with Crippen molar-refractivity contribution in [1.29, 1.82) is 0 Å². The van der Waals surface area contributed by atoms with Gasteiger partial charge in [0.2, 0.25) is 0 Å². The maximum Gasteiger partial charge on any atom is 0.308 e. The van der Waals surface area contributed by atoms with Crippen LogP contribution in [0, 0.1) is 12.8 Å². The molecule has 1 rings (SSSR count). The van der Waals surface area contributed by atoms with E-state index in [1.807, 2.05) is 24.0 Å². The van der Waals surface area contributed by atoms with E-state index >= 15 is 0 Å². The van der Waals surface area contributed by atoms with Gasteiger partial charge < -0.3 is 10.0 Å². The maximum atomic E-state index is 10.9. The van der Waals surface area contributed by atoms with E-state index in [2.05, 4.69) is 11.9 Å². The Morgan fingerprint density at radius 2 is 2.29 bits per heavy atom. The molecule has 0 saturated carbocycles. The molecular weight excluding hydrogens is 216 g/mol. The molecule has 0 saturated heterocycles. The van der Waals surface area contributed by atoms with E-state index in [1.54, 1.807) is 13.1 Å². The number of aryl methyl sites for hydroxylation is 1. The monoisotopic (exact) mass is 236 g/mol. The Morgan fingerprint density at radius 1 is 1.59 bits per heavy atom. The van der Waals surface area contributed by atoms with Gasteiger partial charge in [0.25, 0.3) is 0 Å². The topological polar surface area (TPSA) is 53.4 Å². The van der Waals surface area contributed by atoms with E-state index in [9.17, 15) is 4.79 Å². The summed E-state index contributed by atoms with van der Waals surface area (Å²) in [5, 5.41) is 8.97. The number of aliphatic carboxylic acids is 1. The van der Waals surface area contributed by atoms with Crippen LogP contribution in [-0.2, 0) is 4.79 Å². The van der Waals surface area contributed by atoms with Crippen LogP contribution in [0.5, 0.6) is 0 Å². The van der Waals surface area contributed by atoms with Crippen molar-refractivity contribution in [2.75, 3.05) is 18.0 Å². The van der Waals surface area contributed by atoms with Crippen molar-refractivity contribution in [1.82, 2.24) is 4.98 Å². The number of carboxylic acid groups (broad SMARTS) is 1. The van der Waals surface area contributed by atoms with Gasteiger partial charge in [-0.2, -0.15) is 0 Å². The lowest BCUT2D eigenvalue weighted by atomic mass is 10.1. The molecule has 1 N–H and O–H groups in total. The number of hydrogen-bond acceptors (Lipinski definition) is 3. The summed E-state index contributed by atoms with van der Waals surface area (Å²) >= 11 is 0. The number of carboxylic acids is 1. The van der Waals surface area contributed by atoms with Gasteiger partial charge in [-0.15, -0.1) is 0 Å². The molecule has 0 fully saturated rings. The highest BCUT2D eigenvalue weighted by Gasteiger charge is 2.17. The molecule has 1 aromatic heterocycles. The van der Waals surface area contributed by atoms with Gasteiger partial charge in [-0.1, -0.05) is 19.9 Å². The number of rotatable bonds is 6. The van der Waals surface area contributed by atoms with Gasteiger partial charge in [0, 0.05) is 19.3 Å². The number of carbonyl (C=O) groups is 1. The second-order valence-electron chi connectivity index (χ2n) is 4.33. The van der Waals surface area contributed by atoms with E-state index in [-0.39, 0.29) is 5.92 Å². The average molecular weight is 236 g/mol. The average Bonchev–Trinajstić information content (AvgIpc) is 2.29. The smallest absolute Gasteiger partial charge is 0.308 e. The van der Waals surface area contributed by atoms with Gasteiger partial charge in [-0.25, -0.2) is 4.98 Å². The molecule has 0 aliphatic heterocycles. The Bertz CT molecular complexity index is 379. The van der Waals surface area contributed by atoms with Crippen molar-refractivity contribution >= 4 is 11.8 Å². The Labute approximate surface area is 102 Å². The van der Waals surface area contributed by atoms with Crippen LogP contribution in [0.4, 0.5) is 5.82 Å². The number of anilines is 1. The molecule has 0 bridgehead atoms. The number of aromatic nitrogens is 1. The third-order valence-electron chi connectivity index (χ3n) is 2.69. The summed E-state index contributed by atoms with van der Waals surface area (Å²) in [6, 6.07) is 3.89.